The number of nitrogens with zero attached hydrogens (tertiary/aromatic N) is 6. The summed E-state index contributed by atoms with van der Waals surface area (Å²) in [5.41, 5.74) is 5.12. The van der Waals surface area contributed by atoms with Gasteiger partial charge in [-0.25, -0.2) is 14.2 Å². The molecule has 42 heavy (non-hydrogen) atoms. The Morgan fingerprint density at radius 2 is 1.52 bits per heavy atom. The Hall–Kier alpha value is -5.16. The van der Waals surface area contributed by atoms with Crippen LogP contribution in [0, 0.1) is 13.8 Å². The first-order chi connectivity index (χ1) is 20.4. The van der Waals surface area contributed by atoms with Crippen molar-refractivity contribution in [1.29, 1.82) is 0 Å². The lowest BCUT2D eigenvalue weighted by atomic mass is 10.1. The van der Waals surface area contributed by atoms with Gasteiger partial charge in [0.05, 0.1) is 35.0 Å². The molecular weight excluding hydrogens is 550 g/mol. The zero-order chi connectivity index (χ0) is 29.6. The van der Waals surface area contributed by atoms with Gasteiger partial charge in [0.25, 0.3) is 5.91 Å². The van der Waals surface area contributed by atoms with Crippen LogP contribution in [0.2, 0.25) is 0 Å². The summed E-state index contributed by atoms with van der Waals surface area (Å²) < 4.78 is 8.57. The minimum absolute atomic E-state index is 0.148. The highest BCUT2D eigenvalue weighted by Gasteiger charge is 2.25. The summed E-state index contributed by atoms with van der Waals surface area (Å²) in [6.07, 6.45) is 0. The molecule has 0 atom stereocenters. The van der Waals surface area contributed by atoms with E-state index in [1.807, 2.05) is 86.6 Å². The van der Waals surface area contributed by atoms with Crippen molar-refractivity contribution in [2.45, 2.75) is 27.7 Å². The molecule has 0 aliphatic rings. The van der Waals surface area contributed by atoms with Crippen molar-refractivity contribution in [2.75, 3.05) is 11.9 Å². The Morgan fingerprint density at radius 3 is 2.19 bits per heavy atom. The molecule has 5 rings (SSSR count). The highest BCUT2D eigenvalue weighted by atomic mass is 32.1. The van der Waals surface area contributed by atoms with E-state index in [0.717, 1.165) is 28.3 Å². The maximum Gasteiger partial charge on any atom is 0.359 e. The zero-order valence-corrected chi connectivity index (χ0v) is 24.4. The van der Waals surface area contributed by atoms with Gasteiger partial charge in [-0.1, -0.05) is 65.4 Å². The number of para-hydroxylation sites is 2. The number of carbonyl (C=O) groups excluding carboxylic acids is 2. The average Bonchev–Trinajstić information content (AvgIpc) is 3.59. The summed E-state index contributed by atoms with van der Waals surface area (Å²) in [5, 5.41) is 21.2. The molecule has 0 radical (unpaired) electrons. The van der Waals surface area contributed by atoms with Crippen LogP contribution >= 0.6 is 11.3 Å². The fourth-order valence-corrected chi connectivity index (χ4v) is 5.02. The van der Waals surface area contributed by atoms with E-state index in [1.54, 1.807) is 35.3 Å². The van der Waals surface area contributed by atoms with Crippen molar-refractivity contribution in [3.05, 3.63) is 117 Å². The van der Waals surface area contributed by atoms with Crippen molar-refractivity contribution in [1.82, 2.24) is 19.6 Å². The number of aromatic nitrogens is 4. The van der Waals surface area contributed by atoms with Gasteiger partial charge in [0.1, 0.15) is 0 Å². The largest absolute Gasteiger partial charge is 0.461 e. The molecule has 10 nitrogen and oxygen atoms in total. The van der Waals surface area contributed by atoms with Crippen molar-refractivity contribution >= 4 is 34.6 Å². The van der Waals surface area contributed by atoms with Crippen LogP contribution < -0.4 is 10.1 Å². The lowest BCUT2D eigenvalue weighted by molar-refractivity contribution is 0.0518. The van der Waals surface area contributed by atoms with Crippen molar-refractivity contribution < 1.29 is 14.3 Å². The van der Waals surface area contributed by atoms with E-state index in [4.69, 9.17) is 4.74 Å². The van der Waals surface area contributed by atoms with Gasteiger partial charge in [-0.05, 0) is 64.1 Å². The van der Waals surface area contributed by atoms with E-state index >= 15 is 0 Å². The van der Waals surface area contributed by atoms with E-state index in [0.29, 0.717) is 27.5 Å². The summed E-state index contributed by atoms with van der Waals surface area (Å²) in [6.45, 7) is 7.58. The van der Waals surface area contributed by atoms with E-state index < -0.39 is 5.97 Å². The third-order valence-corrected chi connectivity index (χ3v) is 7.20. The summed E-state index contributed by atoms with van der Waals surface area (Å²) in [4.78, 5) is 26.3. The number of aryl methyl sites for hydroxylation is 1. The van der Waals surface area contributed by atoms with Crippen molar-refractivity contribution in [3.63, 3.8) is 0 Å². The molecule has 2 aromatic heterocycles. The van der Waals surface area contributed by atoms with E-state index in [-0.39, 0.29) is 23.2 Å². The quantitative estimate of drug-likeness (QED) is 0.148. The average molecular weight is 580 g/mol. The molecule has 1 N–H and O–H groups in total. The second-order valence-electron chi connectivity index (χ2n) is 9.32. The Kier molecular flexibility index (Phi) is 8.49. The SMILES string of the molecule is CCOC(=O)c1nn(-c2ccc(C)cc2)c(C)c1/C(C)=N/N=c1\sc(C(=O)Nc2ccccc2)nn1-c1ccccc1. The number of nitrogens with one attached hydrogen (secondary N) is 1. The van der Waals surface area contributed by atoms with Crippen LogP contribution in [0.1, 0.15) is 51.0 Å². The van der Waals surface area contributed by atoms with Gasteiger partial charge in [0.2, 0.25) is 9.81 Å². The smallest absolute Gasteiger partial charge is 0.359 e. The summed E-state index contributed by atoms with van der Waals surface area (Å²) in [6, 6.07) is 26.4. The molecule has 11 heteroatoms. The predicted molar refractivity (Wildman–Crippen MR) is 163 cm³/mol. The number of hydrogen-bond donors (Lipinski definition) is 1. The fraction of sp³-hybridized carbons (Fsp3) is 0.161. The number of amides is 1. The van der Waals surface area contributed by atoms with Crippen LogP contribution in [0.4, 0.5) is 5.69 Å². The van der Waals surface area contributed by atoms with Gasteiger partial charge >= 0.3 is 5.97 Å². The maximum atomic E-state index is 13.0. The number of hydrogen-bond acceptors (Lipinski definition) is 8. The molecule has 0 fully saturated rings. The summed E-state index contributed by atoms with van der Waals surface area (Å²) in [7, 11) is 0. The first-order valence-corrected chi connectivity index (χ1v) is 14.1. The Balaban J connectivity index is 1.59. The van der Waals surface area contributed by atoms with Crippen LogP contribution in [0.5, 0.6) is 0 Å². The minimum Gasteiger partial charge on any atom is -0.461 e. The van der Waals surface area contributed by atoms with Crippen LogP contribution in [0.3, 0.4) is 0 Å². The number of anilines is 1. The summed E-state index contributed by atoms with van der Waals surface area (Å²) >= 11 is 1.10. The van der Waals surface area contributed by atoms with Gasteiger partial charge in [0.15, 0.2) is 5.69 Å². The Morgan fingerprint density at radius 1 is 0.881 bits per heavy atom. The molecule has 212 valence electrons. The molecule has 2 heterocycles. The maximum absolute atomic E-state index is 13.0. The third-order valence-electron chi connectivity index (χ3n) is 6.30. The van der Waals surface area contributed by atoms with Crippen LogP contribution in [0.25, 0.3) is 11.4 Å². The number of benzene rings is 3. The molecule has 0 spiro atoms. The van der Waals surface area contributed by atoms with E-state index in [2.05, 4.69) is 25.7 Å². The third kappa shape index (κ3) is 6.11. The molecule has 0 saturated heterocycles. The number of rotatable bonds is 8. The van der Waals surface area contributed by atoms with Gasteiger partial charge in [-0.2, -0.15) is 10.2 Å². The Bertz CT molecular complexity index is 1820. The number of ether oxygens (including phenoxy) is 1. The predicted octanol–water partition coefficient (Wildman–Crippen LogP) is 5.49. The lowest BCUT2D eigenvalue weighted by Crippen LogP contribution is -2.15. The van der Waals surface area contributed by atoms with Gasteiger partial charge < -0.3 is 10.1 Å². The van der Waals surface area contributed by atoms with Gasteiger partial charge in [0, 0.05) is 5.69 Å². The number of carbonyl (C=O) groups is 2. The normalized spacial score (nSPS) is 11.9. The van der Waals surface area contributed by atoms with Crippen molar-refractivity contribution in [3.8, 4) is 11.4 Å². The second kappa shape index (κ2) is 12.6. The molecule has 5 aromatic rings. The first kappa shape index (κ1) is 28.4. The zero-order valence-electron chi connectivity index (χ0n) is 23.6. The highest BCUT2D eigenvalue weighted by molar-refractivity contribution is 7.11. The van der Waals surface area contributed by atoms with Crippen LogP contribution in [-0.2, 0) is 4.74 Å². The molecule has 0 bridgehead atoms. The fourth-order valence-electron chi connectivity index (χ4n) is 4.26. The lowest BCUT2D eigenvalue weighted by Gasteiger charge is -2.05. The molecule has 0 unspecified atom stereocenters. The monoisotopic (exact) mass is 579 g/mol. The molecule has 3 aromatic carbocycles. The van der Waals surface area contributed by atoms with Gasteiger partial charge in [-0.3, -0.25) is 4.79 Å². The molecule has 0 saturated carbocycles. The molecule has 1 amide bonds. The van der Waals surface area contributed by atoms with Gasteiger partial charge in [-0.15, -0.1) is 10.2 Å². The first-order valence-electron chi connectivity index (χ1n) is 13.3. The van der Waals surface area contributed by atoms with E-state index in [1.165, 1.54) is 0 Å². The Labute approximate surface area is 246 Å². The molecule has 0 aliphatic carbocycles. The van der Waals surface area contributed by atoms with Crippen LogP contribution in [-0.4, -0.2) is 43.8 Å². The topological polar surface area (TPSA) is 116 Å². The van der Waals surface area contributed by atoms with Crippen molar-refractivity contribution in [2.24, 2.45) is 10.2 Å². The molecular formula is C31H29N7O3S. The molecule has 0 aliphatic heterocycles. The standard InChI is InChI=1S/C31H29N7O3S/c1-5-41-30(40)27-26(22(4)37(35-27)25-18-16-20(2)17-19-25)21(3)33-34-31-38(24-14-10-7-11-15-24)36-29(42-31)28(39)32-23-12-8-6-9-13-23/h6-19H,5H2,1-4H3,(H,32,39)/b33-21+,34-31-. The second-order valence-corrected chi connectivity index (χ2v) is 10.3. The summed E-state index contributed by atoms with van der Waals surface area (Å²) in [5.74, 6) is -0.911. The number of esters is 1. The minimum atomic E-state index is -0.548. The van der Waals surface area contributed by atoms with E-state index in [9.17, 15) is 9.59 Å². The highest BCUT2D eigenvalue weighted by Crippen LogP contribution is 2.21. The van der Waals surface area contributed by atoms with Crippen LogP contribution in [0.15, 0.2) is 95.1 Å².